The van der Waals surface area contributed by atoms with Gasteiger partial charge in [-0.25, -0.2) is 4.98 Å². The van der Waals surface area contributed by atoms with Gasteiger partial charge in [0.05, 0.1) is 16.4 Å². The molecule has 0 bridgehead atoms. The fourth-order valence-corrected chi connectivity index (χ4v) is 3.37. The van der Waals surface area contributed by atoms with Crippen LogP contribution in [-0.4, -0.2) is 10.9 Å². The average molecular weight is 476 g/mol. The fraction of sp³-hybridized carbons (Fsp3) is 0.100. The third kappa shape index (κ3) is 5.40. The van der Waals surface area contributed by atoms with E-state index in [4.69, 9.17) is 4.74 Å². The Morgan fingerprint density at radius 3 is 2.88 bits per heavy atom. The minimum atomic E-state index is -0.168. The number of nitrogens with zero attached hydrogens (tertiary/aromatic N) is 1. The van der Waals surface area contributed by atoms with Gasteiger partial charge in [0.15, 0.2) is 0 Å². The molecule has 1 amide bonds. The van der Waals surface area contributed by atoms with Gasteiger partial charge in [0, 0.05) is 15.0 Å². The first-order chi connectivity index (χ1) is 12.6. The second-order valence-electron chi connectivity index (χ2n) is 5.52. The van der Waals surface area contributed by atoms with Crippen LogP contribution in [0, 0.1) is 10.5 Å². The van der Waals surface area contributed by atoms with Crippen molar-refractivity contribution >= 4 is 51.6 Å². The summed E-state index contributed by atoms with van der Waals surface area (Å²) in [5.74, 6) is 0.578. The van der Waals surface area contributed by atoms with Gasteiger partial charge < -0.3 is 10.1 Å². The molecule has 26 heavy (non-hydrogen) atoms. The number of amides is 1. The molecule has 4 nitrogen and oxygen atoms in total. The third-order valence-electron chi connectivity index (χ3n) is 3.47. The van der Waals surface area contributed by atoms with Crippen molar-refractivity contribution in [3.63, 3.8) is 0 Å². The molecule has 6 heteroatoms. The lowest BCUT2D eigenvalue weighted by Gasteiger charge is -2.06. The largest absolute Gasteiger partial charge is 0.487 e. The highest BCUT2D eigenvalue weighted by molar-refractivity contribution is 14.1. The number of benzene rings is 2. The molecule has 0 saturated heterocycles. The van der Waals surface area contributed by atoms with E-state index in [1.165, 1.54) is 6.08 Å². The van der Waals surface area contributed by atoms with Crippen molar-refractivity contribution in [2.45, 2.75) is 13.5 Å². The highest BCUT2D eigenvalue weighted by Crippen LogP contribution is 2.18. The number of ether oxygens (including phenoxy) is 1. The van der Waals surface area contributed by atoms with E-state index in [0.29, 0.717) is 6.61 Å². The molecule has 132 valence electrons. The Kier molecular flexibility index (Phi) is 6.40. The van der Waals surface area contributed by atoms with E-state index in [-0.39, 0.29) is 5.91 Å². The lowest BCUT2D eigenvalue weighted by atomic mass is 10.2. The number of thiazole rings is 1. The summed E-state index contributed by atoms with van der Waals surface area (Å²) in [7, 11) is 0. The average Bonchev–Trinajstić information content (AvgIpc) is 3.06. The third-order valence-corrected chi connectivity index (χ3v) is 5.23. The van der Waals surface area contributed by atoms with Crippen molar-refractivity contribution < 1.29 is 9.53 Å². The number of aryl methyl sites for hydroxylation is 1. The number of para-hydroxylation sites is 1. The molecular formula is C20H17IN2O2S. The Labute approximate surface area is 170 Å². The molecule has 0 fully saturated rings. The first kappa shape index (κ1) is 18.6. The van der Waals surface area contributed by atoms with Gasteiger partial charge in [-0.2, -0.15) is 0 Å². The minimum absolute atomic E-state index is 0.168. The highest BCUT2D eigenvalue weighted by Gasteiger charge is 2.03. The van der Waals surface area contributed by atoms with Crippen LogP contribution in [-0.2, 0) is 11.4 Å². The SMILES string of the molecule is Cc1nc(COc2cccc(/C=C\C(=O)Nc3ccccc3I)c2)cs1. The van der Waals surface area contributed by atoms with E-state index in [2.05, 4.69) is 32.9 Å². The Balaban J connectivity index is 1.59. The molecule has 1 aromatic heterocycles. The summed E-state index contributed by atoms with van der Waals surface area (Å²) >= 11 is 3.80. The van der Waals surface area contributed by atoms with E-state index in [0.717, 1.165) is 31.3 Å². The molecule has 0 aliphatic rings. The molecule has 0 aliphatic heterocycles. The van der Waals surface area contributed by atoms with Crippen LogP contribution in [0.1, 0.15) is 16.3 Å². The van der Waals surface area contributed by atoms with Crippen LogP contribution in [0.25, 0.3) is 6.08 Å². The maximum Gasteiger partial charge on any atom is 0.248 e. The number of aromatic nitrogens is 1. The number of anilines is 1. The van der Waals surface area contributed by atoms with Gasteiger partial charge in [-0.3, -0.25) is 4.79 Å². The van der Waals surface area contributed by atoms with E-state index >= 15 is 0 Å². The molecule has 2 aromatic carbocycles. The number of carbonyl (C=O) groups is 1. The Hall–Kier alpha value is -2.19. The number of carbonyl (C=O) groups excluding carboxylic acids is 1. The molecule has 0 atom stereocenters. The van der Waals surface area contributed by atoms with Crippen LogP contribution in [0.2, 0.25) is 0 Å². The molecule has 0 radical (unpaired) electrons. The van der Waals surface area contributed by atoms with E-state index in [1.807, 2.05) is 60.8 Å². The lowest BCUT2D eigenvalue weighted by Crippen LogP contribution is -2.08. The fourth-order valence-electron chi connectivity index (χ4n) is 2.25. The molecule has 0 spiro atoms. The summed E-state index contributed by atoms with van der Waals surface area (Å²) in [6.45, 7) is 2.41. The number of hydrogen-bond acceptors (Lipinski definition) is 4. The molecule has 3 rings (SSSR count). The second kappa shape index (κ2) is 8.95. The van der Waals surface area contributed by atoms with Crippen molar-refractivity contribution in [3.05, 3.63) is 79.8 Å². The zero-order chi connectivity index (χ0) is 18.4. The summed E-state index contributed by atoms with van der Waals surface area (Å²) in [5.41, 5.74) is 2.62. The predicted octanol–water partition coefficient (Wildman–Crippen LogP) is 5.29. The van der Waals surface area contributed by atoms with Crippen LogP contribution in [0.5, 0.6) is 5.75 Å². The summed E-state index contributed by atoms with van der Waals surface area (Å²) in [5, 5.41) is 5.89. The van der Waals surface area contributed by atoms with Crippen LogP contribution in [0.4, 0.5) is 5.69 Å². The Morgan fingerprint density at radius 1 is 1.27 bits per heavy atom. The van der Waals surface area contributed by atoms with Gasteiger partial charge in [0.1, 0.15) is 12.4 Å². The smallest absolute Gasteiger partial charge is 0.248 e. The van der Waals surface area contributed by atoms with Gasteiger partial charge in [0.25, 0.3) is 0 Å². The maximum absolute atomic E-state index is 12.1. The van der Waals surface area contributed by atoms with Crippen LogP contribution in [0.3, 0.4) is 0 Å². The van der Waals surface area contributed by atoms with Crippen molar-refractivity contribution in [1.29, 1.82) is 0 Å². The minimum Gasteiger partial charge on any atom is -0.487 e. The highest BCUT2D eigenvalue weighted by atomic mass is 127. The number of hydrogen-bond donors (Lipinski definition) is 1. The van der Waals surface area contributed by atoms with Gasteiger partial charge >= 0.3 is 0 Å². The molecule has 0 unspecified atom stereocenters. The molecule has 1 heterocycles. The standard InChI is InChI=1S/C20H17IN2O2S/c1-14-22-16(13-26-14)12-25-17-6-4-5-15(11-17)9-10-20(24)23-19-8-3-2-7-18(19)21/h2-11,13H,12H2,1H3,(H,23,24)/b10-9-. The number of rotatable bonds is 6. The zero-order valence-electron chi connectivity index (χ0n) is 14.1. The molecule has 1 N–H and O–H groups in total. The lowest BCUT2D eigenvalue weighted by molar-refractivity contribution is -0.111. The molecule has 0 aliphatic carbocycles. The Bertz CT molecular complexity index is 937. The van der Waals surface area contributed by atoms with Crippen molar-refractivity contribution in [2.24, 2.45) is 0 Å². The summed E-state index contributed by atoms with van der Waals surface area (Å²) in [6.07, 6.45) is 3.29. The van der Waals surface area contributed by atoms with Crippen molar-refractivity contribution in [2.75, 3.05) is 5.32 Å². The first-order valence-electron chi connectivity index (χ1n) is 7.97. The summed E-state index contributed by atoms with van der Waals surface area (Å²) in [4.78, 5) is 16.5. The number of nitrogens with one attached hydrogen (secondary N) is 1. The van der Waals surface area contributed by atoms with E-state index < -0.39 is 0 Å². The second-order valence-corrected chi connectivity index (χ2v) is 7.75. The van der Waals surface area contributed by atoms with E-state index in [9.17, 15) is 4.79 Å². The van der Waals surface area contributed by atoms with Crippen LogP contribution < -0.4 is 10.1 Å². The normalized spacial score (nSPS) is 10.8. The monoisotopic (exact) mass is 476 g/mol. The van der Waals surface area contributed by atoms with Gasteiger partial charge in [-0.1, -0.05) is 24.3 Å². The maximum atomic E-state index is 12.1. The summed E-state index contributed by atoms with van der Waals surface area (Å²) < 4.78 is 6.77. The Morgan fingerprint density at radius 2 is 2.12 bits per heavy atom. The van der Waals surface area contributed by atoms with Crippen LogP contribution >= 0.6 is 33.9 Å². The van der Waals surface area contributed by atoms with Gasteiger partial charge in [-0.15, -0.1) is 11.3 Å². The van der Waals surface area contributed by atoms with Gasteiger partial charge in [0.2, 0.25) is 5.91 Å². The first-order valence-corrected chi connectivity index (χ1v) is 9.93. The molecule has 3 aromatic rings. The van der Waals surface area contributed by atoms with Crippen molar-refractivity contribution in [1.82, 2.24) is 4.98 Å². The molecule has 0 saturated carbocycles. The quantitative estimate of drug-likeness (QED) is 0.389. The topological polar surface area (TPSA) is 51.2 Å². The van der Waals surface area contributed by atoms with Crippen molar-refractivity contribution in [3.8, 4) is 5.75 Å². The summed E-state index contributed by atoms with van der Waals surface area (Å²) in [6, 6.07) is 15.3. The zero-order valence-corrected chi connectivity index (χ0v) is 17.1. The predicted molar refractivity (Wildman–Crippen MR) is 114 cm³/mol. The van der Waals surface area contributed by atoms with E-state index in [1.54, 1.807) is 17.4 Å². The van der Waals surface area contributed by atoms with Gasteiger partial charge in [-0.05, 0) is 65.4 Å². The molecular weight excluding hydrogens is 459 g/mol. The number of halogens is 1. The van der Waals surface area contributed by atoms with Crippen LogP contribution in [0.15, 0.2) is 60.0 Å².